The van der Waals surface area contributed by atoms with Crippen molar-refractivity contribution < 1.29 is 114 Å². The normalized spacial score (nSPS) is 13.3. The summed E-state index contributed by atoms with van der Waals surface area (Å²) in [6.45, 7) is 26.9. The van der Waals surface area contributed by atoms with E-state index in [1.165, 1.54) is 73.6 Å². The lowest BCUT2D eigenvalue weighted by Crippen LogP contribution is -2.43. The van der Waals surface area contributed by atoms with Crippen LogP contribution in [-0.2, 0) is 47.8 Å². The van der Waals surface area contributed by atoms with Crippen molar-refractivity contribution in [2.45, 2.75) is 165 Å². The summed E-state index contributed by atoms with van der Waals surface area (Å²) < 4.78 is 54.6. The molecule has 3 aromatic heterocycles. The zero-order valence-corrected chi connectivity index (χ0v) is 59.0. The number of nitrogens with one attached hydrogen (secondary N) is 1. The highest BCUT2D eigenvalue weighted by Gasteiger charge is 2.35. The monoisotopic (exact) mass is 1400 g/mol. The first-order chi connectivity index (χ1) is 46.9. The topological polar surface area (TPSA) is 410 Å². The maximum absolute atomic E-state index is 13.1. The van der Waals surface area contributed by atoms with Crippen molar-refractivity contribution in [1.29, 1.82) is 0 Å². The van der Waals surface area contributed by atoms with Crippen molar-refractivity contribution in [2.75, 3.05) is 0 Å². The zero-order valence-electron chi connectivity index (χ0n) is 59.0. The molecule has 8 aromatic rings. The van der Waals surface area contributed by atoms with E-state index in [0.717, 1.165) is 0 Å². The lowest BCUT2D eigenvalue weighted by Gasteiger charge is -2.22. The molecule has 0 fully saturated rings. The van der Waals surface area contributed by atoms with Gasteiger partial charge in [0.1, 0.15) is 46.4 Å². The first-order valence-electron chi connectivity index (χ1n) is 31.7. The summed E-state index contributed by atoms with van der Waals surface area (Å²) in [7, 11) is 0. The standard InChI is InChI=1S/C31H37NO10.C20H20N2O6.C14H8O4.C9H16O4/c1-16(14-23(34)41-30(4,5)6)27(35)40-25-20-13-11-10-12-19(20)24(21-15-22(18(3)33)38-26(21)25)39-28(36)17(2)32-29(37)42-31(7,8)9;1-9(21)19(24)27-16-12-6-4-5-7-13(12)17(28-20(25)10(2)22)18-14(16)8-15(26-18)11(3)23;1-7(15)11-6-10-12(16)8-4-2-3-5-9(8)13(17)14(10)18-11;1-6(8(11)12)5-7(10)13-9(2,3)4/h10-13,15-17H,14H2,1-9H3,(H,32,37);4-10H,21-22H2,1-3H3;2-6H,1H3;6H,5H2,1-4H3,(H,11,12)/t16-,17+;9-,10-;;6-/m10.1/s1. The van der Waals surface area contributed by atoms with Crippen LogP contribution in [0, 0.1) is 11.8 Å². The zero-order chi connectivity index (χ0) is 75.7. The summed E-state index contributed by atoms with van der Waals surface area (Å²) in [5.41, 5.74) is 10.1. The second-order valence-electron chi connectivity index (χ2n) is 26.7. The number of ether oxygens (including phenoxy) is 7. The molecule has 536 valence electrons. The van der Waals surface area contributed by atoms with Gasteiger partial charge in [-0.2, -0.15) is 0 Å². The van der Waals surface area contributed by atoms with Crippen molar-refractivity contribution in [3.8, 4) is 23.0 Å². The molecule has 0 radical (unpaired) electrons. The second kappa shape index (κ2) is 32.2. The van der Waals surface area contributed by atoms with Gasteiger partial charge >= 0.3 is 47.9 Å². The van der Waals surface area contributed by atoms with E-state index in [2.05, 4.69) is 5.32 Å². The molecule has 6 N–H and O–H groups in total. The number of hydrogen-bond acceptors (Lipinski definition) is 25. The number of esters is 6. The lowest BCUT2D eigenvalue weighted by molar-refractivity contribution is -0.159. The third-order valence-corrected chi connectivity index (χ3v) is 14.1. The van der Waals surface area contributed by atoms with E-state index in [-0.39, 0.29) is 104 Å². The number of nitrogens with two attached hydrogens (primary N) is 2. The molecule has 0 bridgehead atoms. The number of hydrogen-bond donors (Lipinski definition) is 4. The number of carbonyl (C=O) groups is 13. The van der Waals surface area contributed by atoms with Gasteiger partial charge in [-0.3, -0.25) is 43.2 Å². The molecule has 0 saturated carbocycles. The Bertz CT molecular complexity index is 4360. The van der Waals surface area contributed by atoms with Gasteiger partial charge in [-0.1, -0.05) is 86.6 Å². The number of amides is 1. The predicted octanol–water partition coefficient (Wildman–Crippen LogP) is 11.9. The molecule has 0 aliphatic heterocycles. The van der Waals surface area contributed by atoms with E-state index in [0.29, 0.717) is 38.1 Å². The Labute approximate surface area is 579 Å². The highest BCUT2D eigenvalue weighted by atomic mass is 16.6. The lowest BCUT2D eigenvalue weighted by atomic mass is 9.88. The van der Waals surface area contributed by atoms with E-state index in [9.17, 15) is 62.3 Å². The average Bonchev–Trinajstić information content (AvgIpc) is 1.69. The number of furan rings is 3. The van der Waals surface area contributed by atoms with Crippen LogP contribution < -0.4 is 35.7 Å². The van der Waals surface area contributed by atoms with E-state index in [1.54, 1.807) is 135 Å². The van der Waals surface area contributed by atoms with E-state index in [1.807, 2.05) is 0 Å². The fourth-order valence-electron chi connectivity index (χ4n) is 9.33. The van der Waals surface area contributed by atoms with Crippen molar-refractivity contribution >= 4 is 120 Å². The molecule has 1 amide bonds. The molecule has 27 heteroatoms. The van der Waals surface area contributed by atoms with Crippen LogP contribution in [0.4, 0.5) is 4.79 Å². The second-order valence-corrected chi connectivity index (χ2v) is 26.7. The molecule has 27 nitrogen and oxygen atoms in total. The van der Waals surface area contributed by atoms with Gasteiger partial charge in [-0.05, 0) is 101 Å². The van der Waals surface area contributed by atoms with Gasteiger partial charge in [0.2, 0.25) is 5.78 Å². The van der Waals surface area contributed by atoms with Crippen molar-refractivity contribution in [3.63, 3.8) is 0 Å². The Morgan fingerprint density at radius 2 is 0.782 bits per heavy atom. The first kappa shape index (κ1) is 78.8. The molecule has 101 heavy (non-hydrogen) atoms. The number of ketones is 5. The Balaban J connectivity index is 0.000000232. The van der Waals surface area contributed by atoms with Gasteiger partial charge in [0.25, 0.3) is 0 Å². The van der Waals surface area contributed by atoms with Crippen LogP contribution in [0.3, 0.4) is 0 Å². The summed E-state index contributed by atoms with van der Waals surface area (Å²) in [5, 5.41) is 13.1. The molecule has 1 aliphatic carbocycles. The van der Waals surface area contributed by atoms with Crippen molar-refractivity contribution in [2.24, 2.45) is 23.3 Å². The summed E-state index contributed by atoms with van der Waals surface area (Å²) in [4.78, 5) is 156. The minimum Gasteiger partial charge on any atom is -0.481 e. The smallest absolute Gasteiger partial charge is 0.408 e. The number of rotatable bonds is 17. The van der Waals surface area contributed by atoms with Crippen molar-refractivity contribution in [3.05, 3.63) is 131 Å². The Hall–Kier alpha value is -11.2. The fourth-order valence-corrected chi connectivity index (χ4v) is 9.33. The maximum Gasteiger partial charge on any atom is 0.408 e. The number of fused-ring (bicyclic) bond motifs is 6. The number of alkyl carbamates (subject to hydrolysis) is 1. The van der Waals surface area contributed by atoms with Crippen LogP contribution in [0.5, 0.6) is 23.0 Å². The van der Waals surface area contributed by atoms with Crippen molar-refractivity contribution in [1.82, 2.24) is 5.32 Å². The summed E-state index contributed by atoms with van der Waals surface area (Å²) in [6, 6.07) is 21.4. The van der Waals surface area contributed by atoms with E-state index in [4.69, 9.17) is 63.0 Å². The van der Waals surface area contributed by atoms with Crippen LogP contribution in [0.25, 0.3) is 43.5 Å². The molecule has 0 spiro atoms. The Morgan fingerprint density at radius 3 is 1.17 bits per heavy atom. The van der Waals surface area contributed by atoms with Gasteiger partial charge in [-0.25, -0.2) is 19.2 Å². The number of carboxylic acids is 1. The molecule has 3 heterocycles. The molecule has 1 aliphatic rings. The predicted molar refractivity (Wildman–Crippen MR) is 365 cm³/mol. The van der Waals surface area contributed by atoms with E-state index < -0.39 is 100 Å². The molecule has 0 saturated heterocycles. The highest BCUT2D eigenvalue weighted by Crippen LogP contribution is 2.47. The number of carboxylic acid groups (broad SMARTS) is 1. The third-order valence-electron chi connectivity index (χ3n) is 14.1. The highest BCUT2D eigenvalue weighted by molar-refractivity contribution is 6.28. The molecular weight excluding hydrogens is 1310 g/mol. The number of aliphatic carboxylic acids is 1. The van der Waals surface area contributed by atoms with Crippen LogP contribution in [0.2, 0.25) is 0 Å². The third kappa shape index (κ3) is 20.5. The SMILES string of the molecule is CC(=O)c1cc2c(OC(=O)[C@H](C)N)c3ccccc3c(OC(=O)[C@H](C)N)c2o1.CC(=O)c1cc2c(OC(=O)[C@H](C)NC(=O)OC(C)(C)C)c3ccccc3c(OC(=O)[C@H](C)CC(=O)OC(C)(C)C)c2o1.CC(=O)c1cc2c(o1)C(=O)c1ccccc1C2=O.C[C@H](CC(=O)OC(C)(C)C)C(=O)O. The van der Waals surface area contributed by atoms with Crippen LogP contribution in [0.1, 0.15) is 194 Å². The first-order valence-corrected chi connectivity index (χ1v) is 31.7. The minimum atomic E-state index is -1.10. The molecular formula is C74H81N3O24. The fraction of sp³-hybridized carbons (Fsp3) is 0.365. The van der Waals surface area contributed by atoms with Crippen LogP contribution >= 0.6 is 0 Å². The number of carbonyl (C=O) groups excluding carboxylic acids is 12. The van der Waals surface area contributed by atoms with Gasteiger partial charge in [0.05, 0.1) is 41.0 Å². The average molecular weight is 1400 g/mol. The quantitative estimate of drug-likeness (QED) is 0.0285. The maximum atomic E-state index is 13.1. The number of Topliss-reactive ketones (excluding diaryl/α,β-unsaturated/α-hetero) is 3. The van der Waals surface area contributed by atoms with E-state index >= 15 is 0 Å². The Kier molecular flexibility index (Phi) is 25.1. The molecule has 9 rings (SSSR count). The van der Waals surface area contributed by atoms with Gasteiger partial charge in [0, 0.05) is 53.4 Å². The largest absolute Gasteiger partial charge is 0.481 e. The summed E-state index contributed by atoms with van der Waals surface area (Å²) in [6.07, 6.45) is -1.09. The van der Waals surface area contributed by atoms with Gasteiger partial charge < -0.3 is 68.3 Å². The van der Waals surface area contributed by atoms with Crippen LogP contribution in [-0.4, -0.2) is 117 Å². The van der Waals surface area contributed by atoms with Crippen LogP contribution in [0.15, 0.2) is 104 Å². The molecule has 5 atom stereocenters. The minimum absolute atomic E-state index is 0.00568. The van der Waals surface area contributed by atoms with Gasteiger partial charge in [0.15, 0.2) is 68.8 Å². The van der Waals surface area contributed by atoms with Gasteiger partial charge in [-0.15, -0.1) is 0 Å². The molecule has 5 aromatic carbocycles. The summed E-state index contributed by atoms with van der Waals surface area (Å²) in [5.74, 6) is -7.86. The Morgan fingerprint density at radius 1 is 0.436 bits per heavy atom. The molecule has 0 unspecified atom stereocenters. The summed E-state index contributed by atoms with van der Waals surface area (Å²) >= 11 is 0. The number of benzene rings is 5.